The van der Waals surface area contributed by atoms with Crippen LogP contribution in [0.1, 0.15) is 11.1 Å². The number of guanidine groups is 1. The summed E-state index contributed by atoms with van der Waals surface area (Å²) in [5, 5.41) is 6.69. The van der Waals surface area contributed by atoms with Crippen molar-refractivity contribution in [2.24, 2.45) is 4.99 Å². The van der Waals surface area contributed by atoms with Crippen molar-refractivity contribution in [1.29, 1.82) is 0 Å². The van der Waals surface area contributed by atoms with Crippen molar-refractivity contribution < 1.29 is 9.47 Å². The molecule has 2 aromatic rings. The minimum atomic E-state index is 0.690. The van der Waals surface area contributed by atoms with Crippen LogP contribution >= 0.6 is 0 Å². The molecule has 1 saturated heterocycles. The molecule has 0 aliphatic carbocycles. The van der Waals surface area contributed by atoms with E-state index in [1.54, 1.807) is 7.05 Å². The van der Waals surface area contributed by atoms with Crippen molar-refractivity contribution in [2.75, 3.05) is 46.5 Å². The Hall–Kier alpha value is -2.57. The van der Waals surface area contributed by atoms with Gasteiger partial charge >= 0.3 is 0 Å². The molecule has 3 rings (SSSR count). The smallest absolute Gasteiger partial charge is 0.191 e. The summed E-state index contributed by atoms with van der Waals surface area (Å²) in [5.74, 6) is 1.68. The first-order valence-corrected chi connectivity index (χ1v) is 9.84. The first-order chi connectivity index (χ1) is 13.8. The fourth-order valence-electron chi connectivity index (χ4n) is 3.05. The molecule has 0 bridgehead atoms. The van der Waals surface area contributed by atoms with Gasteiger partial charge in [0.1, 0.15) is 12.4 Å². The van der Waals surface area contributed by atoms with Crippen molar-refractivity contribution in [3.63, 3.8) is 0 Å². The third-order valence-electron chi connectivity index (χ3n) is 4.66. The van der Waals surface area contributed by atoms with Crippen LogP contribution in [0.15, 0.2) is 59.6 Å². The fourth-order valence-corrected chi connectivity index (χ4v) is 3.05. The first-order valence-electron chi connectivity index (χ1n) is 9.84. The van der Waals surface area contributed by atoms with E-state index in [-0.39, 0.29) is 0 Å². The molecule has 150 valence electrons. The van der Waals surface area contributed by atoms with Gasteiger partial charge in [0.25, 0.3) is 0 Å². The lowest BCUT2D eigenvalue weighted by Crippen LogP contribution is -2.38. The Morgan fingerprint density at radius 1 is 1.00 bits per heavy atom. The highest BCUT2D eigenvalue weighted by atomic mass is 16.5. The van der Waals surface area contributed by atoms with Gasteiger partial charge in [0.05, 0.1) is 13.2 Å². The molecule has 1 aliphatic rings. The number of hydrogen-bond acceptors (Lipinski definition) is 4. The second kappa shape index (κ2) is 11.3. The molecule has 0 spiro atoms. The van der Waals surface area contributed by atoms with Crippen LogP contribution in [-0.2, 0) is 17.8 Å². The maximum absolute atomic E-state index is 5.93. The molecule has 2 N–H and O–H groups in total. The molecule has 0 amide bonds. The second-order valence-corrected chi connectivity index (χ2v) is 6.71. The molecule has 6 heteroatoms. The highest BCUT2D eigenvalue weighted by Gasteiger charge is 2.09. The van der Waals surface area contributed by atoms with Gasteiger partial charge in [-0.3, -0.25) is 9.89 Å². The lowest BCUT2D eigenvalue weighted by Gasteiger charge is -2.26. The molecular weight excluding hydrogens is 352 g/mol. The fraction of sp³-hybridized carbons (Fsp3) is 0.409. The van der Waals surface area contributed by atoms with Crippen LogP contribution in [0, 0.1) is 0 Å². The third kappa shape index (κ3) is 6.87. The van der Waals surface area contributed by atoms with E-state index in [9.17, 15) is 0 Å². The molecule has 1 aliphatic heterocycles. The van der Waals surface area contributed by atoms with Crippen LogP contribution < -0.4 is 15.4 Å². The Kier molecular flexibility index (Phi) is 8.15. The molecular formula is C22H30N4O2. The van der Waals surface area contributed by atoms with E-state index >= 15 is 0 Å². The van der Waals surface area contributed by atoms with Crippen LogP contribution in [-0.4, -0.2) is 57.4 Å². The summed E-state index contributed by atoms with van der Waals surface area (Å²) < 4.78 is 11.3. The quantitative estimate of drug-likeness (QED) is 0.542. The molecule has 1 heterocycles. The van der Waals surface area contributed by atoms with E-state index in [1.807, 2.05) is 30.3 Å². The number of morpholine rings is 1. The van der Waals surface area contributed by atoms with Gasteiger partial charge in [-0.05, 0) is 23.3 Å². The number of ether oxygens (including phenoxy) is 2. The van der Waals surface area contributed by atoms with Gasteiger partial charge < -0.3 is 20.1 Å². The predicted molar refractivity (Wildman–Crippen MR) is 113 cm³/mol. The third-order valence-corrected chi connectivity index (χ3v) is 4.66. The molecule has 28 heavy (non-hydrogen) atoms. The number of nitrogens with zero attached hydrogens (tertiary/aromatic N) is 2. The zero-order valence-electron chi connectivity index (χ0n) is 16.6. The topological polar surface area (TPSA) is 58.1 Å². The van der Waals surface area contributed by atoms with Crippen molar-refractivity contribution in [3.8, 4) is 5.75 Å². The zero-order valence-corrected chi connectivity index (χ0v) is 16.6. The van der Waals surface area contributed by atoms with Crippen LogP contribution in [0.4, 0.5) is 0 Å². The summed E-state index contributed by atoms with van der Waals surface area (Å²) in [5.41, 5.74) is 2.38. The van der Waals surface area contributed by atoms with Crippen molar-refractivity contribution in [3.05, 3.63) is 65.7 Å². The van der Waals surface area contributed by atoms with Gasteiger partial charge in [-0.2, -0.15) is 0 Å². The number of rotatable bonds is 8. The van der Waals surface area contributed by atoms with E-state index in [0.717, 1.165) is 56.7 Å². The van der Waals surface area contributed by atoms with Gasteiger partial charge in [-0.15, -0.1) is 0 Å². The Morgan fingerprint density at radius 2 is 1.71 bits per heavy atom. The summed E-state index contributed by atoms with van der Waals surface area (Å²) in [7, 11) is 1.78. The Bertz CT molecular complexity index is 730. The molecule has 0 aromatic heterocycles. The summed E-state index contributed by atoms with van der Waals surface area (Å²) in [4.78, 5) is 6.66. The lowest BCUT2D eigenvalue weighted by molar-refractivity contribution is 0.0322. The van der Waals surface area contributed by atoms with Crippen LogP contribution in [0.5, 0.6) is 5.75 Å². The van der Waals surface area contributed by atoms with E-state index in [1.165, 1.54) is 5.56 Å². The SMILES string of the molecule is CN=C(NCc1ccccc1)NCc1cccc(OCCN2CCOCC2)c1. The monoisotopic (exact) mass is 382 g/mol. The Morgan fingerprint density at radius 3 is 2.46 bits per heavy atom. The molecule has 0 atom stereocenters. The zero-order chi connectivity index (χ0) is 19.4. The molecule has 6 nitrogen and oxygen atoms in total. The summed E-state index contributed by atoms with van der Waals surface area (Å²) in [6.07, 6.45) is 0. The number of nitrogens with one attached hydrogen (secondary N) is 2. The lowest BCUT2D eigenvalue weighted by atomic mass is 10.2. The molecule has 0 radical (unpaired) electrons. The van der Waals surface area contributed by atoms with Gasteiger partial charge in [-0.1, -0.05) is 42.5 Å². The van der Waals surface area contributed by atoms with Crippen LogP contribution in [0.3, 0.4) is 0 Å². The van der Waals surface area contributed by atoms with Crippen molar-refractivity contribution >= 4 is 5.96 Å². The maximum atomic E-state index is 5.93. The predicted octanol–water partition coefficient (Wildman–Crippen LogP) is 2.26. The highest BCUT2D eigenvalue weighted by Crippen LogP contribution is 2.13. The number of hydrogen-bond donors (Lipinski definition) is 2. The molecule has 0 saturated carbocycles. The molecule has 0 unspecified atom stereocenters. The minimum absolute atomic E-state index is 0.690. The van der Waals surface area contributed by atoms with Gasteiger partial charge in [0.2, 0.25) is 0 Å². The van der Waals surface area contributed by atoms with Gasteiger partial charge in [0, 0.05) is 39.8 Å². The largest absolute Gasteiger partial charge is 0.492 e. The summed E-state index contributed by atoms with van der Waals surface area (Å²) in [6, 6.07) is 18.5. The van der Waals surface area contributed by atoms with Crippen LogP contribution in [0.25, 0.3) is 0 Å². The van der Waals surface area contributed by atoms with Crippen LogP contribution in [0.2, 0.25) is 0 Å². The summed E-state index contributed by atoms with van der Waals surface area (Å²) in [6.45, 7) is 6.67. The minimum Gasteiger partial charge on any atom is -0.492 e. The molecule has 1 fully saturated rings. The second-order valence-electron chi connectivity index (χ2n) is 6.71. The van der Waals surface area contributed by atoms with E-state index in [0.29, 0.717) is 13.2 Å². The standard InChI is InChI=1S/C22H30N4O2/c1-23-22(24-17-19-6-3-2-4-7-19)25-18-20-8-5-9-21(16-20)28-15-12-26-10-13-27-14-11-26/h2-9,16H,10-15,17-18H2,1H3,(H2,23,24,25). The normalized spacial score (nSPS) is 15.2. The number of benzene rings is 2. The Labute approximate surface area is 167 Å². The highest BCUT2D eigenvalue weighted by molar-refractivity contribution is 5.79. The average molecular weight is 383 g/mol. The van der Waals surface area contributed by atoms with E-state index in [2.05, 4.69) is 44.8 Å². The first kappa shape index (κ1) is 20.2. The maximum Gasteiger partial charge on any atom is 0.191 e. The average Bonchev–Trinajstić information content (AvgIpc) is 2.76. The van der Waals surface area contributed by atoms with E-state index < -0.39 is 0 Å². The van der Waals surface area contributed by atoms with Crippen molar-refractivity contribution in [2.45, 2.75) is 13.1 Å². The van der Waals surface area contributed by atoms with E-state index in [4.69, 9.17) is 9.47 Å². The number of aliphatic imine (C=N–C) groups is 1. The Balaban J connectivity index is 1.41. The van der Waals surface area contributed by atoms with Gasteiger partial charge in [0.15, 0.2) is 5.96 Å². The van der Waals surface area contributed by atoms with Gasteiger partial charge in [-0.25, -0.2) is 0 Å². The molecule has 2 aromatic carbocycles. The van der Waals surface area contributed by atoms with Crippen molar-refractivity contribution in [1.82, 2.24) is 15.5 Å². The summed E-state index contributed by atoms with van der Waals surface area (Å²) >= 11 is 0.